The van der Waals surface area contributed by atoms with Gasteiger partial charge in [0.1, 0.15) is 5.82 Å². The Balaban J connectivity index is 2.43. The quantitative estimate of drug-likeness (QED) is 0.825. The molecule has 0 fully saturated rings. The molecule has 0 aliphatic carbocycles. The highest BCUT2D eigenvalue weighted by Crippen LogP contribution is 2.25. The molecule has 1 aromatic rings. The second-order valence-electron chi connectivity index (χ2n) is 3.80. The van der Waals surface area contributed by atoms with Crippen molar-refractivity contribution in [3.63, 3.8) is 0 Å². The Labute approximate surface area is 95.6 Å². The molecule has 17 heavy (non-hydrogen) atoms. The lowest BCUT2D eigenvalue weighted by Crippen LogP contribution is -2.20. The minimum Gasteiger partial charge on any atom is -0.369 e. The zero-order valence-corrected chi connectivity index (χ0v) is 9.21. The number of halogens is 3. The maximum atomic E-state index is 12.2. The van der Waals surface area contributed by atoms with E-state index < -0.39 is 17.9 Å². The van der Waals surface area contributed by atoms with E-state index in [0.717, 1.165) is 0 Å². The Morgan fingerprint density at radius 3 is 2.65 bits per heavy atom. The molecule has 1 rings (SSSR count). The van der Waals surface area contributed by atoms with Crippen LogP contribution in [0.1, 0.15) is 31.4 Å². The molecule has 0 radical (unpaired) electrons. The van der Waals surface area contributed by atoms with Gasteiger partial charge in [-0.15, -0.1) is 5.10 Å². The summed E-state index contributed by atoms with van der Waals surface area (Å²) >= 11 is 0. The number of nitrogens with zero attached hydrogens (tertiary/aromatic N) is 2. The van der Waals surface area contributed by atoms with Gasteiger partial charge in [0, 0.05) is 12.3 Å². The van der Waals surface area contributed by atoms with E-state index >= 15 is 0 Å². The van der Waals surface area contributed by atoms with E-state index in [2.05, 4.69) is 15.2 Å². The summed E-state index contributed by atoms with van der Waals surface area (Å²) < 4.78 is 36.5. The summed E-state index contributed by atoms with van der Waals surface area (Å²) in [6.07, 6.45) is -3.19. The summed E-state index contributed by atoms with van der Waals surface area (Å²) in [5.74, 6) is -1.72. The highest BCUT2D eigenvalue weighted by molar-refractivity contribution is 5.76. The van der Waals surface area contributed by atoms with E-state index in [1.165, 1.54) is 0 Å². The Hall–Kier alpha value is -1.60. The molecule has 1 amide bonds. The molecule has 1 aromatic heterocycles. The number of aryl methyl sites for hydroxylation is 1. The molecule has 1 atom stereocenters. The summed E-state index contributed by atoms with van der Waals surface area (Å²) in [6, 6.07) is 0. The minimum absolute atomic E-state index is 0.161. The monoisotopic (exact) mass is 250 g/mol. The van der Waals surface area contributed by atoms with Crippen molar-refractivity contribution < 1.29 is 18.0 Å². The number of hydrogen-bond acceptors (Lipinski definition) is 3. The van der Waals surface area contributed by atoms with Crippen molar-refractivity contribution in [1.82, 2.24) is 15.2 Å². The Kier molecular flexibility index (Phi) is 4.08. The standard InChI is InChI=1S/C9H13F3N4O/c1-5(7(13)17)3-2-4-6-14-8(16-15-6)9(10,11)12/h5H,2-4H2,1H3,(H2,13,17)(H,14,15,16)/t5-/m0/s1. The van der Waals surface area contributed by atoms with E-state index in [0.29, 0.717) is 19.3 Å². The lowest BCUT2D eigenvalue weighted by atomic mass is 10.0. The SMILES string of the molecule is C[C@@H](CCCc1nc(C(F)(F)F)n[nH]1)C(N)=O. The zero-order chi connectivity index (χ0) is 13.1. The van der Waals surface area contributed by atoms with Crippen LogP contribution in [0.5, 0.6) is 0 Å². The number of aromatic amines is 1. The van der Waals surface area contributed by atoms with Crippen LogP contribution >= 0.6 is 0 Å². The minimum atomic E-state index is -4.53. The molecule has 0 saturated heterocycles. The number of aromatic nitrogens is 3. The number of amides is 1. The fourth-order valence-electron chi connectivity index (χ4n) is 1.25. The lowest BCUT2D eigenvalue weighted by Gasteiger charge is -2.04. The summed E-state index contributed by atoms with van der Waals surface area (Å²) in [6.45, 7) is 1.67. The highest BCUT2D eigenvalue weighted by atomic mass is 19.4. The molecule has 0 bridgehead atoms. The summed E-state index contributed by atoms with van der Waals surface area (Å²) in [5.41, 5.74) is 5.05. The lowest BCUT2D eigenvalue weighted by molar-refractivity contribution is -0.144. The van der Waals surface area contributed by atoms with Crippen molar-refractivity contribution in [3.8, 4) is 0 Å². The molecule has 0 unspecified atom stereocenters. The van der Waals surface area contributed by atoms with Crippen LogP contribution in [-0.2, 0) is 17.4 Å². The van der Waals surface area contributed by atoms with Crippen LogP contribution in [0.15, 0.2) is 0 Å². The van der Waals surface area contributed by atoms with Crippen LogP contribution in [0.4, 0.5) is 13.2 Å². The number of H-pyrrole nitrogens is 1. The van der Waals surface area contributed by atoms with Crippen molar-refractivity contribution in [2.24, 2.45) is 11.7 Å². The average molecular weight is 250 g/mol. The maximum absolute atomic E-state index is 12.2. The Bertz CT molecular complexity index is 388. The van der Waals surface area contributed by atoms with Gasteiger partial charge in [-0.2, -0.15) is 13.2 Å². The molecule has 0 saturated carbocycles. The third-order valence-corrected chi connectivity index (χ3v) is 2.32. The topological polar surface area (TPSA) is 84.7 Å². The van der Waals surface area contributed by atoms with E-state index in [9.17, 15) is 18.0 Å². The van der Waals surface area contributed by atoms with Gasteiger partial charge >= 0.3 is 6.18 Å². The average Bonchev–Trinajstić information content (AvgIpc) is 2.65. The van der Waals surface area contributed by atoms with Gasteiger partial charge in [-0.3, -0.25) is 9.89 Å². The van der Waals surface area contributed by atoms with Gasteiger partial charge in [-0.05, 0) is 12.8 Å². The Morgan fingerprint density at radius 2 is 2.18 bits per heavy atom. The number of primary amides is 1. The van der Waals surface area contributed by atoms with Crippen LogP contribution in [0, 0.1) is 5.92 Å². The van der Waals surface area contributed by atoms with Crippen molar-refractivity contribution in [1.29, 1.82) is 0 Å². The molecular weight excluding hydrogens is 237 g/mol. The van der Waals surface area contributed by atoms with Gasteiger partial charge in [0.05, 0.1) is 0 Å². The fraction of sp³-hybridized carbons (Fsp3) is 0.667. The second kappa shape index (κ2) is 5.15. The van der Waals surface area contributed by atoms with Crippen molar-refractivity contribution in [3.05, 3.63) is 11.6 Å². The van der Waals surface area contributed by atoms with Crippen molar-refractivity contribution in [2.75, 3.05) is 0 Å². The fourth-order valence-corrected chi connectivity index (χ4v) is 1.25. The molecule has 96 valence electrons. The first kappa shape index (κ1) is 13.5. The van der Waals surface area contributed by atoms with E-state index in [-0.39, 0.29) is 11.7 Å². The van der Waals surface area contributed by atoms with Gasteiger partial charge < -0.3 is 5.73 Å². The van der Waals surface area contributed by atoms with Gasteiger partial charge in [0.25, 0.3) is 5.82 Å². The molecule has 1 heterocycles. The third kappa shape index (κ3) is 4.04. The summed E-state index contributed by atoms with van der Waals surface area (Å²) in [5, 5.41) is 5.29. The molecule has 5 nitrogen and oxygen atoms in total. The second-order valence-corrected chi connectivity index (χ2v) is 3.80. The van der Waals surface area contributed by atoms with Gasteiger partial charge in [0.2, 0.25) is 5.91 Å². The van der Waals surface area contributed by atoms with Crippen LogP contribution < -0.4 is 5.73 Å². The normalized spacial score (nSPS) is 13.6. The number of alkyl halides is 3. The molecule has 0 aromatic carbocycles. The molecule has 8 heteroatoms. The Morgan fingerprint density at radius 1 is 1.53 bits per heavy atom. The predicted molar refractivity (Wildman–Crippen MR) is 52.7 cm³/mol. The van der Waals surface area contributed by atoms with E-state index in [1.54, 1.807) is 6.92 Å². The number of nitrogens with one attached hydrogen (secondary N) is 1. The number of nitrogens with two attached hydrogens (primary N) is 1. The highest BCUT2D eigenvalue weighted by Gasteiger charge is 2.35. The third-order valence-electron chi connectivity index (χ3n) is 2.32. The van der Waals surface area contributed by atoms with Crippen molar-refractivity contribution in [2.45, 2.75) is 32.4 Å². The molecule has 0 aliphatic rings. The maximum Gasteiger partial charge on any atom is 0.453 e. The molecule has 0 aliphatic heterocycles. The molecule has 3 N–H and O–H groups in total. The first-order valence-electron chi connectivity index (χ1n) is 5.08. The van der Waals surface area contributed by atoms with Crippen LogP contribution in [0.2, 0.25) is 0 Å². The largest absolute Gasteiger partial charge is 0.453 e. The van der Waals surface area contributed by atoms with Crippen LogP contribution in [0.25, 0.3) is 0 Å². The number of carbonyl (C=O) groups is 1. The van der Waals surface area contributed by atoms with Crippen molar-refractivity contribution >= 4 is 5.91 Å². The number of rotatable bonds is 5. The van der Waals surface area contributed by atoms with Gasteiger partial charge in [-0.1, -0.05) is 6.92 Å². The van der Waals surface area contributed by atoms with Crippen LogP contribution in [-0.4, -0.2) is 21.1 Å². The first-order valence-corrected chi connectivity index (χ1v) is 5.08. The first-order chi connectivity index (χ1) is 7.80. The zero-order valence-electron chi connectivity index (χ0n) is 9.21. The molecular formula is C9H13F3N4O. The number of hydrogen-bond donors (Lipinski definition) is 2. The van der Waals surface area contributed by atoms with Crippen LogP contribution in [0.3, 0.4) is 0 Å². The summed E-state index contributed by atoms with van der Waals surface area (Å²) in [4.78, 5) is 14.0. The summed E-state index contributed by atoms with van der Waals surface area (Å²) in [7, 11) is 0. The van der Waals surface area contributed by atoms with E-state index in [1.807, 2.05) is 0 Å². The van der Waals surface area contributed by atoms with E-state index in [4.69, 9.17) is 5.73 Å². The molecule has 0 spiro atoms. The van der Waals surface area contributed by atoms with Gasteiger partial charge in [0.15, 0.2) is 0 Å². The smallest absolute Gasteiger partial charge is 0.369 e. The predicted octanol–water partition coefficient (Wildman–Crippen LogP) is 1.27. The van der Waals surface area contributed by atoms with Gasteiger partial charge in [-0.25, -0.2) is 4.98 Å². The number of carbonyl (C=O) groups excluding carboxylic acids is 1.